The van der Waals surface area contributed by atoms with Crippen molar-refractivity contribution in [1.29, 1.82) is 0 Å². The average Bonchev–Trinajstić information content (AvgIpc) is 3.01. The topological polar surface area (TPSA) is 52.7 Å². The third-order valence-electron chi connectivity index (χ3n) is 5.39. The second-order valence-electron chi connectivity index (χ2n) is 7.39. The lowest BCUT2D eigenvalue weighted by atomic mass is 10.1. The smallest absolute Gasteiger partial charge is 0.253 e. The first-order valence-electron chi connectivity index (χ1n) is 10.1. The van der Waals surface area contributed by atoms with Crippen molar-refractivity contribution in [2.75, 3.05) is 32.7 Å². The molecule has 0 saturated carbocycles. The predicted molar refractivity (Wildman–Crippen MR) is 111 cm³/mol. The molecule has 1 aliphatic heterocycles. The van der Waals surface area contributed by atoms with Gasteiger partial charge in [0.2, 0.25) is 5.91 Å². The summed E-state index contributed by atoms with van der Waals surface area (Å²) in [6, 6.07) is 15.4. The maximum absolute atomic E-state index is 13.0. The van der Waals surface area contributed by atoms with Gasteiger partial charge in [-0.3, -0.25) is 14.5 Å². The number of nitrogens with zero attached hydrogens (tertiary/aromatic N) is 2. The Kier molecular flexibility index (Phi) is 7.36. The summed E-state index contributed by atoms with van der Waals surface area (Å²) >= 11 is 0. The highest BCUT2D eigenvalue weighted by atomic mass is 19.1. The molecule has 2 aromatic carbocycles. The summed E-state index contributed by atoms with van der Waals surface area (Å²) in [7, 11) is 0. The van der Waals surface area contributed by atoms with Crippen molar-refractivity contribution in [3.8, 4) is 0 Å². The Bertz CT molecular complexity index is 811. The third-order valence-corrected chi connectivity index (χ3v) is 5.39. The minimum Gasteiger partial charge on any atom is -0.354 e. The molecule has 1 atom stereocenters. The summed E-state index contributed by atoms with van der Waals surface area (Å²) < 4.78 is 13.0. The molecule has 2 aromatic rings. The predicted octanol–water partition coefficient (Wildman–Crippen LogP) is 2.72. The van der Waals surface area contributed by atoms with Crippen LogP contribution in [0.25, 0.3) is 0 Å². The molecule has 29 heavy (non-hydrogen) atoms. The monoisotopic (exact) mass is 397 g/mol. The molecule has 0 aliphatic carbocycles. The van der Waals surface area contributed by atoms with Crippen molar-refractivity contribution >= 4 is 11.8 Å². The largest absolute Gasteiger partial charge is 0.354 e. The second-order valence-corrected chi connectivity index (χ2v) is 7.39. The van der Waals surface area contributed by atoms with Crippen LogP contribution in [0.15, 0.2) is 54.6 Å². The van der Waals surface area contributed by atoms with Crippen molar-refractivity contribution in [2.45, 2.75) is 25.8 Å². The summed E-state index contributed by atoms with van der Waals surface area (Å²) in [6.07, 6.45) is 1.50. The van der Waals surface area contributed by atoms with Gasteiger partial charge in [0.25, 0.3) is 5.91 Å². The number of rotatable bonds is 6. The maximum Gasteiger partial charge on any atom is 0.253 e. The molecular weight excluding hydrogens is 369 g/mol. The summed E-state index contributed by atoms with van der Waals surface area (Å²) in [5.41, 5.74) is 1.69. The van der Waals surface area contributed by atoms with Gasteiger partial charge in [0.15, 0.2) is 0 Å². The Morgan fingerprint density at radius 1 is 1.00 bits per heavy atom. The second kappa shape index (κ2) is 10.2. The Hall–Kier alpha value is -2.73. The fourth-order valence-electron chi connectivity index (χ4n) is 3.59. The Balaban J connectivity index is 1.46. The van der Waals surface area contributed by atoms with E-state index in [0.29, 0.717) is 38.2 Å². The Morgan fingerprint density at radius 2 is 1.72 bits per heavy atom. The van der Waals surface area contributed by atoms with E-state index in [0.717, 1.165) is 18.5 Å². The van der Waals surface area contributed by atoms with Crippen LogP contribution in [0, 0.1) is 5.82 Å². The molecular formula is C23H28FN3O2. The average molecular weight is 397 g/mol. The maximum atomic E-state index is 13.0. The van der Waals surface area contributed by atoms with Crippen LogP contribution < -0.4 is 5.32 Å². The number of carbonyl (C=O) groups is 2. The van der Waals surface area contributed by atoms with Crippen molar-refractivity contribution < 1.29 is 14.0 Å². The van der Waals surface area contributed by atoms with Crippen molar-refractivity contribution in [1.82, 2.24) is 15.1 Å². The minimum absolute atomic E-state index is 0.0186. The number of amides is 2. The highest BCUT2D eigenvalue weighted by Crippen LogP contribution is 2.11. The van der Waals surface area contributed by atoms with Crippen molar-refractivity contribution in [3.05, 3.63) is 71.5 Å². The molecule has 2 amide bonds. The molecule has 1 heterocycles. The van der Waals surface area contributed by atoms with Gasteiger partial charge in [0, 0.05) is 38.3 Å². The van der Waals surface area contributed by atoms with E-state index in [1.54, 1.807) is 12.1 Å². The molecule has 0 radical (unpaired) electrons. The van der Waals surface area contributed by atoms with Crippen LogP contribution in [0.5, 0.6) is 0 Å². The molecule has 154 valence electrons. The van der Waals surface area contributed by atoms with Gasteiger partial charge in [-0.05, 0) is 49.6 Å². The fraction of sp³-hybridized carbons (Fsp3) is 0.391. The van der Waals surface area contributed by atoms with Gasteiger partial charge in [0.1, 0.15) is 5.82 Å². The normalized spacial score (nSPS) is 16.1. The number of halogens is 1. The van der Waals surface area contributed by atoms with Crippen LogP contribution in [0.4, 0.5) is 4.39 Å². The van der Waals surface area contributed by atoms with Crippen LogP contribution in [-0.2, 0) is 11.2 Å². The summed E-state index contributed by atoms with van der Waals surface area (Å²) in [5, 5.41) is 2.97. The fourth-order valence-corrected chi connectivity index (χ4v) is 3.59. The molecule has 1 unspecified atom stereocenters. The first-order valence-corrected chi connectivity index (χ1v) is 10.1. The van der Waals surface area contributed by atoms with E-state index in [9.17, 15) is 14.0 Å². The van der Waals surface area contributed by atoms with Crippen molar-refractivity contribution in [3.63, 3.8) is 0 Å². The van der Waals surface area contributed by atoms with Gasteiger partial charge in [-0.15, -0.1) is 0 Å². The van der Waals surface area contributed by atoms with E-state index in [2.05, 4.69) is 10.2 Å². The van der Waals surface area contributed by atoms with Gasteiger partial charge < -0.3 is 10.2 Å². The zero-order valence-electron chi connectivity index (χ0n) is 16.8. The van der Waals surface area contributed by atoms with Crippen molar-refractivity contribution in [2.24, 2.45) is 0 Å². The highest BCUT2D eigenvalue weighted by Gasteiger charge is 2.25. The molecule has 0 aromatic heterocycles. The standard InChI is InChI=1S/C23H28FN3O2/c1-18(22(28)25-13-12-19-8-10-21(24)11-9-19)26-14-5-15-27(17-16-26)23(29)20-6-3-2-4-7-20/h2-4,6-11,18H,5,12-17H2,1H3,(H,25,28). The van der Waals surface area contributed by atoms with Crippen LogP contribution >= 0.6 is 0 Å². The first-order chi connectivity index (χ1) is 14.0. The van der Waals surface area contributed by atoms with Crippen LogP contribution in [0.1, 0.15) is 29.3 Å². The molecule has 5 nitrogen and oxygen atoms in total. The van der Waals surface area contributed by atoms with Gasteiger partial charge in [-0.25, -0.2) is 4.39 Å². The van der Waals surface area contributed by atoms with E-state index >= 15 is 0 Å². The van der Waals surface area contributed by atoms with Crippen LogP contribution in [0.3, 0.4) is 0 Å². The van der Waals surface area contributed by atoms with E-state index in [4.69, 9.17) is 0 Å². The zero-order chi connectivity index (χ0) is 20.6. The quantitative estimate of drug-likeness (QED) is 0.816. The van der Waals surface area contributed by atoms with Gasteiger partial charge >= 0.3 is 0 Å². The molecule has 1 aliphatic rings. The van der Waals surface area contributed by atoms with E-state index in [1.165, 1.54) is 12.1 Å². The minimum atomic E-state index is -0.257. The number of hydrogen-bond acceptors (Lipinski definition) is 3. The lowest BCUT2D eigenvalue weighted by Gasteiger charge is -2.27. The van der Waals surface area contributed by atoms with Gasteiger partial charge in [-0.2, -0.15) is 0 Å². The third kappa shape index (κ3) is 5.87. The molecule has 1 saturated heterocycles. The number of hydrogen-bond donors (Lipinski definition) is 1. The lowest BCUT2D eigenvalue weighted by molar-refractivity contribution is -0.125. The zero-order valence-corrected chi connectivity index (χ0v) is 16.8. The molecule has 3 rings (SSSR count). The lowest BCUT2D eigenvalue weighted by Crippen LogP contribution is -2.47. The van der Waals surface area contributed by atoms with Gasteiger partial charge in [-0.1, -0.05) is 30.3 Å². The highest BCUT2D eigenvalue weighted by molar-refractivity contribution is 5.94. The molecule has 1 N–H and O–H groups in total. The van der Waals surface area contributed by atoms with E-state index < -0.39 is 0 Å². The number of benzene rings is 2. The van der Waals surface area contributed by atoms with E-state index in [1.807, 2.05) is 42.2 Å². The summed E-state index contributed by atoms with van der Waals surface area (Å²) in [4.78, 5) is 29.2. The molecule has 0 spiro atoms. The van der Waals surface area contributed by atoms with Crippen LogP contribution in [0.2, 0.25) is 0 Å². The number of nitrogens with one attached hydrogen (secondary N) is 1. The summed E-state index contributed by atoms with van der Waals surface area (Å²) in [5.74, 6) is -0.230. The SMILES string of the molecule is CC(C(=O)NCCc1ccc(F)cc1)N1CCCN(C(=O)c2ccccc2)CC1. The molecule has 0 bridgehead atoms. The Labute approximate surface area is 171 Å². The first kappa shape index (κ1) is 21.0. The van der Waals surface area contributed by atoms with Gasteiger partial charge in [0.05, 0.1) is 6.04 Å². The molecule has 6 heteroatoms. The summed E-state index contributed by atoms with van der Waals surface area (Å²) in [6.45, 7) is 5.18. The molecule has 1 fully saturated rings. The number of carbonyl (C=O) groups excluding carboxylic acids is 2. The Morgan fingerprint density at radius 3 is 2.45 bits per heavy atom. The van der Waals surface area contributed by atoms with Crippen LogP contribution in [-0.4, -0.2) is 60.4 Å². The van der Waals surface area contributed by atoms with E-state index in [-0.39, 0.29) is 23.7 Å².